The van der Waals surface area contributed by atoms with Gasteiger partial charge in [0.05, 0.1) is 18.5 Å². The molecule has 8 nitrogen and oxygen atoms in total. The zero-order valence-electron chi connectivity index (χ0n) is 16.4. The van der Waals surface area contributed by atoms with Gasteiger partial charge in [0.25, 0.3) is 0 Å². The first-order chi connectivity index (χ1) is 13.0. The summed E-state index contributed by atoms with van der Waals surface area (Å²) in [6.45, 7) is 2.72. The molecule has 0 bridgehead atoms. The number of rotatable bonds is 7. The predicted molar refractivity (Wildman–Crippen MR) is 110 cm³/mol. The molecule has 0 fully saturated rings. The molecule has 2 heterocycles. The second-order valence-electron chi connectivity index (χ2n) is 6.64. The van der Waals surface area contributed by atoms with Crippen molar-refractivity contribution in [3.63, 3.8) is 0 Å². The highest BCUT2D eigenvalue weighted by molar-refractivity contribution is 6.17. The van der Waals surface area contributed by atoms with Crippen molar-refractivity contribution >= 4 is 28.9 Å². The molecule has 2 N–H and O–H groups in total. The highest BCUT2D eigenvalue weighted by atomic mass is 16.5. The number of methoxy groups -OCH3 is 1. The van der Waals surface area contributed by atoms with Crippen molar-refractivity contribution in [3.8, 4) is 5.75 Å². The summed E-state index contributed by atoms with van der Waals surface area (Å²) in [4.78, 5) is 11.0. The van der Waals surface area contributed by atoms with Crippen molar-refractivity contribution in [2.75, 3.05) is 45.4 Å². The fraction of sp³-hybridized carbons (Fsp3) is 0.368. The third-order valence-electron chi connectivity index (χ3n) is 4.06. The van der Waals surface area contributed by atoms with Crippen molar-refractivity contribution in [2.45, 2.75) is 13.3 Å². The zero-order chi connectivity index (χ0) is 19.4. The van der Waals surface area contributed by atoms with Gasteiger partial charge >= 0.3 is 0 Å². The number of nitrogens with zero attached hydrogens (tertiary/aromatic N) is 5. The van der Waals surface area contributed by atoms with Gasteiger partial charge in [0.1, 0.15) is 11.6 Å². The smallest absolute Gasteiger partial charge is 0.229 e. The Morgan fingerprint density at radius 1 is 1.15 bits per heavy atom. The molecule has 1 aliphatic heterocycles. The Bertz CT molecular complexity index is 890. The highest BCUT2D eigenvalue weighted by Gasteiger charge is 2.19. The number of aromatic nitrogens is 2. The van der Waals surface area contributed by atoms with Crippen molar-refractivity contribution < 1.29 is 4.74 Å². The molecule has 0 aliphatic carbocycles. The minimum absolute atomic E-state index is 0.536. The lowest BCUT2D eigenvalue weighted by molar-refractivity contribution is 0.414. The number of aryl methyl sites for hydroxylation is 1. The number of anilines is 3. The van der Waals surface area contributed by atoms with Crippen LogP contribution in [0.15, 0.2) is 34.5 Å². The quantitative estimate of drug-likeness (QED) is 0.782. The fourth-order valence-corrected chi connectivity index (χ4v) is 2.89. The molecule has 0 unspecified atom stereocenters. The largest absolute Gasteiger partial charge is 0.496 e. The molecule has 0 amide bonds. The Balaban J connectivity index is 1.84. The molecular formula is C19H25N7O. The van der Waals surface area contributed by atoms with Crippen LogP contribution in [0.2, 0.25) is 0 Å². The zero-order valence-corrected chi connectivity index (χ0v) is 16.4. The Kier molecular flexibility index (Phi) is 5.66. The highest BCUT2D eigenvalue weighted by Crippen LogP contribution is 2.27. The lowest BCUT2D eigenvalue weighted by Crippen LogP contribution is -2.22. The topological polar surface area (TPSA) is 87.0 Å². The van der Waals surface area contributed by atoms with Crippen LogP contribution < -0.4 is 15.4 Å². The lowest BCUT2D eigenvalue weighted by Gasteiger charge is -2.13. The summed E-state index contributed by atoms with van der Waals surface area (Å²) in [5.41, 5.74) is 4.60. The van der Waals surface area contributed by atoms with Crippen molar-refractivity contribution in [2.24, 2.45) is 10.2 Å². The monoisotopic (exact) mass is 367 g/mol. The van der Waals surface area contributed by atoms with Crippen LogP contribution in [0.5, 0.6) is 5.75 Å². The molecule has 27 heavy (non-hydrogen) atoms. The molecule has 0 radical (unpaired) electrons. The van der Waals surface area contributed by atoms with Crippen molar-refractivity contribution in [1.29, 1.82) is 0 Å². The van der Waals surface area contributed by atoms with Gasteiger partial charge in [-0.15, -0.1) is 0 Å². The van der Waals surface area contributed by atoms with Gasteiger partial charge in [-0.25, -0.2) is 4.98 Å². The number of hydrogen-bond donors (Lipinski definition) is 2. The van der Waals surface area contributed by atoms with Crippen LogP contribution >= 0.6 is 0 Å². The van der Waals surface area contributed by atoms with Gasteiger partial charge in [0.2, 0.25) is 5.95 Å². The Hall–Kier alpha value is -3.00. The maximum Gasteiger partial charge on any atom is 0.229 e. The van der Waals surface area contributed by atoms with E-state index in [0.717, 1.165) is 46.5 Å². The molecular weight excluding hydrogens is 342 g/mol. The molecule has 3 rings (SSSR count). The van der Waals surface area contributed by atoms with Gasteiger partial charge in [-0.05, 0) is 39.2 Å². The van der Waals surface area contributed by atoms with Crippen LogP contribution in [0, 0.1) is 6.92 Å². The second kappa shape index (κ2) is 8.13. The minimum atomic E-state index is 0.536. The van der Waals surface area contributed by atoms with E-state index in [-0.39, 0.29) is 0 Å². The van der Waals surface area contributed by atoms with Crippen molar-refractivity contribution in [1.82, 2.24) is 14.9 Å². The lowest BCUT2D eigenvalue weighted by atomic mass is 10.0. The second-order valence-corrected chi connectivity index (χ2v) is 6.64. The first-order valence-electron chi connectivity index (χ1n) is 8.74. The summed E-state index contributed by atoms with van der Waals surface area (Å²) in [6, 6.07) is 7.74. The average molecular weight is 367 g/mol. The van der Waals surface area contributed by atoms with E-state index in [0.29, 0.717) is 12.4 Å². The molecule has 0 atom stereocenters. The van der Waals surface area contributed by atoms with E-state index in [1.54, 1.807) is 7.11 Å². The van der Waals surface area contributed by atoms with Crippen LogP contribution in [0.3, 0.4) is 0 Å². The predicted octanol–water partition coefficient (Wildman–Crippen LogP) is 2.69. The van der Waals surface area contributed by atoms with E-state index in [4.69, 9.17) is 4.74 Å². The molecule has 1 aliphatic rings. The molecule has 1 aromatic heterocycles. The summed E-state index contributed by atoms with van der Waals surface area (Å²) in [5, 5.41) is 15.0. The van der Waals surface area contributed by atoms with E-state index in [1.807, 2.05) is 52.3 Å². The van der Waals surface area contributed by atoms with E-state index in [9.17, 15) is 0 Å². The molecule has 142 valence electrons. The summed E-state index contributed by atoms with van der Waals surface area (Å²) in [7, 11) is 7.53. The van der Waals surface area contributed by atoms with Crippen molar-refractivity contribution in [3.05, 3.63) is 35.5 Å². The third-order valence-corrected chi connectivity index (χ3v) is 4.06. The first-order valence-corrected chi connectivity index (χ1v) is 8.74. The van der Waals surface area contributed by atoms with Gasteiger partial charge in [-0.3, -0.25) is 0 Å². The third kappa shape index (κ3) is 4.59. The van der Waals surface area contributed by atoms with E-state index < -0.39 is 0 Å². The average Bonchev–Trinajstić information content (AvgIpc) is 3.08. The van der Waals surface area contributed by atoms with E-state index >= 15 is 0 Å². The maximum absolute atomic E-state index is 5.52. The van der Waals surface area contributed by atoms with E-state index in [2.05, 4.69) is 35.7 Å². The molecule has 1 aromatic carbocycles. The normalized spacial score (nSPS) is 13.4. The summed E-state index contributed by atoms with van der Waals surface area (Å²) in [5.74, 6) is 2.07. The van der Waals surface area contributed by atoms with Gasteiger partial charge in [-0.1, -0.05) is 0 Å². The van der Waals surface area contributed by atoms with Gasteiger partial charge in [0.15, 0.2) is 0 Å². The Labute approximate surface area is 159 Å². The molecule has 2 aromatic rings. The summed E-state index contributed by atoms with van der Waals surface area (Å²) < 4.78 is 5.52. The maximum atomic E-state index is 5.52. The number of nitrogens with one attached hydrogen (secondary N) is 2. The van der Waals surface area contributed by atoms with Crippen LogP contribution in [0.25, 0.3) is 0 Å². The van der Waals surface area contributed by atoms with E-state index in [1.165, 1.54) is 0 Å². The number of hydrogen-bond acceptors (Lipinski definition) is 8. The van der Waals surface area contributed by atoms with Crippen LogP contribution in [-0.4, -0.2) is 61.1 Å². The summed E-state index contributed by atoms with van der Waals surface area (Å²) >= 11 is 0. The van der Waals surface area contributed by atoms with Gasteiger partial charge < -0.3 is 20.3 Å². The molecule has 0 saturated carbocycles. The minimum Gasteiger partial charge on any atom is -0.496 e. The summed E-state index contributed by atoms with van der Waals surface area (Å²) in [6.07, 6.45) is 0.711. The first kappa shape index (κ1) is 18.8. The molecule has 0 spiro atoms. The standard InChI is InChI=1S/C19H25N7O/c1-12-8-18(20-2)23-19(21-12)22-13-6-7-17(27-5)15(9-13)16-10-14(24-25-16)11-26(3)4/h6-9H,10-11H2,1-5H3,(H2,20,21,22,23). The molecule has 8 heteroatoms. The molecule has 0 saturated heterocycles. The van der Waals surface area contributed by atoms with Crippen LogP contribution in [0.4, 0.5) is 17.5 Å². The van der Waals surface area contributed by atoms with Crippen LogP contribution in [0.1, 0.15) is 17.7 Å². The fourth-order valence-electron chi connectivity index (χ4n) is 2.89. The number of ether oxygens (including phenoxy) is 1. The Morgan fingerprint density at radius 2 is 1.96 bits per heavy atom. The van der Waals surface area contributed by atoms with Gasteiger partial charge in [0, 0.05) is 43.0 Å². The number of benzene rings is 1. The Morgan fingerprint density at radius 3 is 2.67 bits per heavy atom. The van der Waals surface area contributed by atoms with Gasteiger partial charge in [-0.2, -0.15) is 15.2 Å². The van der Waals surface area contributed by atoms with Crippen LogP contribution in [-0.2, 0) is 0 Å². The SMILES string of the molecule is CNc1cc(C)nc(Nc2ccc(OC)c(C3=NN=C(CN(C)C)C3)c2)n1.